The van der Waals surface area contributed by atoms with Crippen LogP contribution in [0.4, 0.5) is 10.1 Å². The summed E-state index contributed by atoms with van der Waals surface area (Å²) in [4.78, 5) is 2.09. The number of rotatable bonds is 2. The van der Waals surface area contributed by atoms with E-state index in [1.807, 2.05) is 6.07 Å². The van der Waals surface area contributed by atoms with E-state index in [-0.39, 0.29) is 17.6 Å². The molecule has 1 aliphatic heterocycles. The maximum absolute atomic E-state index is 13.4. The molecule has 0 saturated carbocycles. The summed E-state index contributed by atoms with van der Waals surface area (Å²) in [5, 5.41) is 0. The molecule has 0 spiro atoms. The fourth-order valence-electron chi connectivity index (χ4n) is 1.87. The molecule has 0 aromatic heterocycles. The zero-order valence-electron chi connectivity index (χ0n) is 8.74. The van der Waals surface area contributed by atoms with Crippen molar-refractivity contribution in [1.82, 2.24) is 0 Å². The lowest BCUT2D eigenvalue weighted by atomic mass is 10.2. The van der Waals surface area contributed by atoms with Crippen LogP contribution in [0.2, 0.25) is 0 Å². The van der Waals surface area contributed by atoms with Gasteiger partial charge < -0.3 is 15.4 Å². The fraction of sp³-hybridized carbons (Fsp3) is 0.455. The first-order valence-corrected chi connectivity index (χ1v) is 5.05. The number of benzene rings is 1. The molecule has 2 rings (SSSR count). The predicted octanol–water partition coefficient (Wildman–Crippen LogP) is 1.37. The third-order valence-corrected chi connectivity index (χ3v) is 2.73. The molecule has 1 aromatic carbocycles. The SMILES string of the molecule is COc1ccc(N2CCC(N)C2)cc1F. The topological polar surface area (TPSA) is 38.5 Å². The molecule has 3 nitrogen and oxygen atoms in total. The van der Waals surface area contributed by atoms with E-state index >= 15 is 0 Å². The molecule has 82 valence electrons. The molecule has 0 radical (unpaired) electrons. The lowest BCUT2D eigenvalue weighted by Crippen LogP contribution is -2.26. The Labute approximate surface area is 88.6 Å². The Balaban J connectivity index is 2.19. The highest BCUT2D eigenvalue weighted by Crippen LogP contribution is 2.25. The van der Waals surface area contributed by atoms with Gasteiger partial charge in [0.15, 0.2) is 11.6 Å². The molecule has 1 atom stereocenters. The van der Waals surface area contributed by atoms with Crippen molar-refractivity contribution in [3.05, 3.63) is 24.0 Å². The van der Waals surface area contributed by atoms with Crippen LogP contribution in [-0.2, 0) is 0 Å². The van der Waals surface area contributed by atoms with Crippen molar-refractivity contribution in [1.29, 1.82) is 0 Å². The summed E-state index contributed by atoms with van der Waals surface area (Å²) in [6.07, 6.45) is 0.966. The highest BCUT2D eigenvalue weighted by molar-refractivity contribution is 5.50. The highest BCUT2D eigenvalue weighted by atomic mass is 19.1. The molecule has 0 aliphatic carbocycles. The number of hydrogen-bond acceptors (Lipinski definition) is 3. The summed E-state index contributed by atoms with van der Waals surface area (Å²) in [6, 6.07) is 5.21. The van der Waals surface area contributed by atoms with Crippen molar-refractivity contribution in [3.8, 4) is 5.75 Å². The maximum Gasteiger partial charge on any atom is 0.167 e. The quantitative estimate of drug-likeness (QED) is 0.801. The first kappa shape index (κ1) is 10.2. The van der Waals surface area contributed by atoms with Gasteiger partial charge in [0.2, 0.25) is 0 Å². The summed E-state index contributed by atoms with van der Waals surface area (Å²) in [7, 11) is 1.46. The van der Waals surface area contributed by atoms with Crippen LogP contribution >= 0.6 is 0 Å². The second-order valence-corrected chi connectivity index (χ2v) is 3.81. The van der Waals surface area contributed by atoms with E-state index in [0.29, 0.717) is 0 Å². The van der Waals surface area contributed by atoms with Gasteiger partial charge >= 0.3 is 0 Å². The summed E-state index contributed by atoms with van der Waals surface area (Å²) in [5.74, 6) is -0.0438. The van der Waals surface area contributed by atoms with E-state index in [0.717, 1.165) is 25.2 Å². The number of methoxy groups -OCH3 is 1. The van der Waals surface area contributed by atoms with E-state index in [1.165, 1.54) is 13.2 Å². The molecule has 0 amide bonds. The van der Waals surface area contributed by atoms with Crippen LogP contribution in [0, 0.1) is 5.82 Å². The number of halogens is 1. The van der Waals surface area contributed by atoms with Crippen LogP contribution in [0.5, 0.6) is 5.75 Å². The number of hydrogen-bond donors (Lipinski definition) is 1. The lowest BCUT2D eigenvalue weighted by Gasteiger charge is -2.18. The van der Waals surface area contributed by atoms with Crippen LogP contribution in [-0.4, -0.2) is 26.2 Å². The average Bonchev–Trinajstić information content (AvgIpc) is 2.65. The molecule has 1 heterocycles. The normalized spacial score (nSPS) is 20.7. The van der Waals surface area contributed by atoms with Gasteiger partial charge in [0.05, 0.1) is 7.11 Å². The van der Waals surface area contributed by atoms with E-state index in [2.05, 4.69) is 4.90 Å². The lowest BCUT2D eigenvalue weighted by molar-refractivity contribution is 0.386. The van der Waals surface area contributed by atoms with Gasteiger partial charge in [-0.25, -0.2) is 4.39 Å². The summed E-state index contributed by atoms with van der Waals surface area (Å²) >= 11 is 0. The molecule has 1 unspecified atom stereocenters. The van der Waals surface area contributed by atoms with Gasteiger partial charge in [-0.05, 0) is 18.6 Å². The minimum atomic E-state index is -0.324. The van der Waals surface area contributed by atoms with Crippen molar-refractivity contribution < 1.29 is 9.13 Å². The van der Waals surface area contributed by atoms with Gasteiger partial charge in [0.25, 0.3) is 0 Å². The average molecular weight is 210 g/mol. The Morgan fingerprint density at radius 1 is 1.53 bits per heavy atom. The van der Waals surface area contributed by atoms with Crippen LogP contribution in [0.15, 0.2) is 18.2 Å². The zero-order chi connectivity index (χ0) is 10.8. The van der Waals surface area contributed by atoms with Gasteiger partial charge in [-0.1, -0.05) is 0 Å². The molecule has 4 heteroatoms. The second kappa shape index (κ2) is 4.06. The molecule has 2 N–H and O–H groups in total. The summed E-state index contributed by atoms with van der Waals surface area (Å²) in [5.41, 5.74) is 6.67. The minimum Gasteiger partial charge on any atom is -0.494 e. The zero-order valence-corrected chi connectivity index (χ0v) is 8.74. The van der Waals surface area contributed by atoms with Crippen molar-refractivity contribution in [3.63, 3.8) is 0 Å². The van der Waals surface area contributed by atoms with E-state index in [1.54, 1.807) is 6.07 Å². The van der Waals surface area contributed by atoms with Crippen LogP contribution in [0.25, 0.3) is 0 Å². The molecule has 0 bridgehead atoms. The Kier molecular flexibility index (Phi) is 2.77. The van der Waals surface area contributed by atoms with Crippen molar-refractivity contribution in [2.24, 2.45) is 5.73 Å². The second-order valence-electron chi connectivity index (χ2n) is 3.81. The van der Waals surface area contributed by atoms with E-state index < -0.39 is 0 Å². The van der Waals surface area contributed by atoms with Gasteiger partial charge in [-0.2, -0.15) is 0 Å². The number of anilines is 1. The van der Waals surface area contributed by atoms with Gasteiger partial charge in [0.1, 0.15) is 0 Å². The number of nitrogens with two attached hydrogens (primary N) is 1. The smallest absolute Gasteiger partial charge is 0.167 e. The largest absolute Gasteiger partial charge is 0.494 e. The number of nitrogens with zero attached hydrogens (tertiary/aromatic N) is 1. The molecule has 1 saturated heterocycles. The van der Waals surface area contributed by atoms with Crippen molar-refractivity contribution in [2.75, 3.05) is 25.1 Å². The van der Waals surface area contributed by atoms with Crippen molar-refractivity contribution >= 4 is 5.69 Å². The molecular formula is C11H15FN2O. The predicted molar refractivity (Wildman–Crippen MR) is 57.8 cm³/mol. The molecule has 1 aromatic rings. The van der Waals surface area contributed by atoms with Gasteiger partial charge in [-0.15, -0.1) is 0 Å². The first-order valence-electron chi connectivity index (χ1n) is 5.05. The third kappa shape index (κ3) is 2.04. The van der Waals surface area contributed by atoms with Gasteiger partial charge in [0, 0.05) is 30.9 Å². The molecule has 15 heavy (non-hydrogen) atoms. The molecule has 1 fully saturated rings. The highest BCUT2D eigenvalue weighted by Gasteiger charge is 2.20. The third-order valence-electron chi connectivity index (χ3n) is 2.73. The van der Waals surface area contributed by atoms with Crippen molar-refractivity contribution in [2.45, 2.75) is 12.5 Å². The molecule has 1 aliphatic rings. The van der Waals surface area contributed by atoms with Crippen LogP contribution in [0.3, 0.4) is 0 Å². The van der Waals surface area contributed by atoms with Gasteiger partial charge in [-0.3, -0.25) is 0 Å². The van der Waals surface area contributed by atoms with Crippen LogP contribution < -0.4 is 15.4 Å². The standard InChI is InChI=1S/C11H15FN2O/c1-15-11-3-2-9(6-10(11)12)14-5-4-8(13)7-14/h2-3,6,8H,4-5,7,13H2,1H3. The maximum atomic E-state index is 13.4. The van der Waals surface area contributed by atoms with Crippen LogP contribution in [0.1, 0.15) is 6.42 Å². The first-order chi connectivity index (χ1) is 7.20. The summed E-state index contributed by atoms with van der Waals surface area (Å²) in [6.45, 7) is 1.69. The Morgan fingerprint density at radius 3 is 2.87 bits per heavy atom. The fourth-order valence-corrected chi connectivity index (χ4v) is 1.87. The van der Waals surface area contributed by atoms with E-state index in [4.69, 9.17) is 10.5 Å². The monoisotopic (exact) mass is 210 g/mol. The van der Waals surface area contributed by atoms with E-state index in [9.17, 15) is 4.39 Å². The Hall–Kier alpha value is -1.29. The number of ether oxygens (including phenoxy) is 1. The Morgan fingerprint density at radius 2 is 2.33 bits per heavy atom. The summed E-state index contributed by atoms with van der Waals surface area (Å²) < 4.78 is 18.3. The molecular weight excluding hydrogens is 195 g/mol. The minimum absolute atomic E-state index is 0.204. The Bertz CT molecular complexity index is 356.